The van der Waals surface area contributed by atoms with Crippen LogP contribution in [0.4, 0.5) is 5.69 Å². The van der Waals surface area contributed by atoms with Gasteiger partial charge in [-0.3, -0.25) is 14.4 Å². The van der Waals surface area contributed by atoms with Gasteiger partial charge < -0.3 is 9.64 Å². The molecule has 1 heterocycles. The van der Waals surface area contributed by atoms with Crippen LogP contribution < -0.4 is 4.90 Å². The van der Waals surface area contributed by atoms with Crippen LogP contribution in [-0.4, -0.2) is 36.6 Å². The van der Waals surface area contributed by atoms with Gasteiger partial charge in [0.05, 0.1) is 17.9 Å². The number of fused-ring (bicyclic) bond motifs is 1. The molecule has 0 aliphatic carbocycles. The number of Topliss-reactive ketones (excluding diaryl/α,β-unsaturated/α-hetero) is 1. The van der Waals surface area contributed by atoms with Crippen LogP contribution in [0.5, 0.6) is 0 Å². The van der Waals surface area contributed by atoms with Gasteiger partial charge >= 0.3 is 5.97 Å². The number of amides is 1. The minimum atomic E-state index is -0.492. The average molecular weight is 412 g/mol. The van der Waals surface area contributed by atoms with Gasteiger partial charge in [-0.1, -0.05) is 57.2 Å². The molecule has 0 radical (unpaired) electrons. The second-order valence-corrected chi connectivity index (χ2v) is 8.98. The third-order valence-corrected chi connectivity index (χ3v) is 5.83. The van der Waals surface area contributed by atoms with Gasteiger partial charge in [0, 0.05) is 17.0 Å². The summed E-state index contributed by atoms with van der Waals surface area (Å²) >= 11 is 1.50. The van der Waals surface area contributed by atoms with Crippen molar-refractivity contribution in [2.24, 2.45) is 0 Å². The number of anilines is 1. The van der Waals surface area contributed by atoms with E-state index in [9.17, 15) is 14.4 Å². The summed E-state index contributed by atoms with van der Waals surface area (Å²) in [5, 5.41) is 0. The van der Waals surface area contributed by atoms with Crippen LogP contribution in [0.25, 0.3) is 0 Å². The van der Waals surface area contributed by atoms with E-state index in [-0.39, 0.29) is 36.7 Å². The number of ether oxygens (including phenoxy) is 1. The summed E-state index contributed by atoms with van der Waals surface area (Å²) in [5.74, 6) is -0.408. The van der Waals surface area contributed by atoms with Crippen LogP contribution in [-0.2, 0) is 19.7 Å². The number of carbonyl (C=O) groups excluding carboxylic acids is 3. The van der Waals surface area contributed by atoms with E-state index in [0.717, 1.165) is 16.1 Å². The zero-order valence-electron chi connectivity index (χ0n) is 16.9. The van der Waals surface area contributed by atoms with Crippen LogP contribution in [0.1, 0.15) is 43.1 Å². The first-order valence-electron chi connectivity index (χ1n) is 9.57. The normalized spacial score (nSPS) is 13.8. The lowest BCUT2D eigenvalue weighted by atomic mass is 9.86. The van der Waals surface area contributed by atoms with Crippen molar-refractivity contribution in [2.75, 3.05) is 23.8 Å². The molecule has 1 aliphatic rings. The third kappa shape index (κ3) is 5.26. The Morgan fingerprint density at radius 3 is 2.45 bits per heavy atom. The predicted molar refractivity (Wildman–Crippen MR) is 115 cm³/mol. The summed E-state index contributed by atoms with van der Waals surface area (Å²) in [7, 11) is 0. The largest absolute Gasteiger partial charge is 0.457 e. The molecule has 1 aliphatic heterocycles. The lowest BCUT2D eigenvalue weighted by Gasteiger charge is -2.28. The van der Waals surface area contributed by atoms with E-state index in [0.29, 0.717) is 11.3 Å². The van der Waals surface area contributed by atoms with Gasteiger partial charge in [-0.25, -0.2) is 0 Å². The molecule has 6 heteroatoms. The first kappa shape index (κ1) is 21.1. The van der Waals surface area contributed by atoms with Crippen molar-refractivity contribution < 1.29 is 19.1 Å². The van der Waals surface area contributed by atoms with Crippen LogP contribution in [0.15, 0.2) is 53.4 Å². The molecule has 0 fully saturated rings. The van der Waals surface area contributed by atoms with Crippen molar-refractivity contribution in [1.82, 2.24) is 0 Å². The fraction of sp³-hybridized carbons (Fsp3) is 0.348. The number of hydrogen-bond donors (Lipinski definition) is 0. The highest BCUT2D eigenvalue weighted by molar-refractivity contribution is 8.00. The molecule has 3 rings (SSSR count). The predicted octanol–water partition coefficient (Wildman–Crippen LogP) is 4.24. The number of ketones is 1. The molecule has 29 heavy (non-hydrogen) atoms. The number of carbonyl (C=O) groups is 3. The monoisotopic (exact) mass is 411 g/mol. The van der Waals surface area contributed by atoms with Crippen LogP contribution in [0.2, 0.25) is 0 Å². The lowest BCUT2D eigenvalue weighted by molar-refractivity contribution is -0.142. The maximum absolute atomic E-state index is 12.3. The molecule has 5 nitrogen and oxygen atoms in total. The molecule has 0 saturated heterocycles. The topological polar surface area (TPSA) is 63.7 Å². The summed E-state index contributed by atoms with van der Waals surface area (Å²) < 4.78 is 5.14. The molecule has 0 spiro atoms. The number of nitrogens with zero attached hydrogens (tertiary/aromatic N) is 1. The molecular formula is C23H25NO4S. The van der Waals surface area contributed by atoms with Crippen molar-refractivity contribution in [3.8, 4) is 0 Å². The minimum Gasteiger partial charge on any atom is -0.457 e. The number of hydrogen-bond acceptors (Lipinski definition) is 5. The standard InChI is InChI=1S/C23H25NO4S/c1-23(2,3)17-10-8-16(9-11-17)19(25)14-28-22(27)12-13-24-18-6-4-5-7-20(18)29-15-21(24)26/h4-11H,12-15H2,1-3H3. The zero-order valence-corrected chi connectivity index (χ0v) is 17.8. The van der Waals surface area contributed by atoms with Gasteiger partial charge in [-0.05, 0) is 23.1 Å². The van der Waals surface area contributed by atoms with Crippen LogP contribution >= 0.6 is 11.8 Å². The summed E-state index contributed by atoms with van der Waals surface area (Å²) in [4.78, 5) is 39.2. The van der Waals surface area contributed by atoms with Crippen LogP contribution in [0, 0.1) is 0 Å². The van der Waals surface area contributed by atoms with E-state index in [4.69, 9.17) is 4.74 Å². The number of para-hydroxylation sites is 1. The SMILES string of the molecule is CC(C)(C)c1ccc(C(=O)COC(=O)CCN2C(=O)CSc3ccccc32)cc1. The molecular weight excluding hydrogens is 386 g/mol. The van der Waals surface area contributed by atoms with Gasteiger partial charge in [0.25, 0.3) is 0 Å². The Balaban J connectivity index is 1.51. The summed E-state index contributed by atoms with van der Waals surface area (Å²) in [6.07, 6.45) is 0.0426. The first-order chi connectivity index (χ1) is 13.8. The van der Waals surface area contributed by atoms with E-state index in [2.05, 4.69) is 20.8 Å². The van der Waals surface area contributed by atoms with Gasteiger partial charge in [0.2, 0.25) is 5.91 Å². The Morgan fingerprint density at radius 2 is 1.76 bits per heavy atom. The quantitative estimate of drug-likeness (QED) is 0.526. The Bertz CT molecular complexity index is 915. The Kier molecular flexibility index (Phi) is 6.42. The second kappa shape index (κ2) is 8.82. The minimum absolute atomic E-state index is 0.0110. The maximum atomic E-state index is 12.3. The molecule has 0 saturated carbocycles. The van der Waals surface area contributed by atoms with Crippen LogP contribution in [0.3, 0.4) is 0 Å². The van der Waals surface area contributed by atoms with Crippen molar-refractivity contribution in [2.45, 2.75) is 37.5 Å². The van der Waals surface area contributed by atoms with Crippen molar-refractivity contribution in [1.29, 1.82) is 0 Å². The van der Waals surface area contributed by atoms with E-state index in [1.807, 2.05) is 36.4 Å². The van der Waals surface area contributed by atoms with E-state index >= 15 is 0 Å². The highest BCUT2D eigenvalue weighted by Crippen LogP contribution is 2.34. The zero-order chi connectivity index (χ0) is 21.0. The van der Waals surface area contributed by atoms with E-state index in [1.54, 1.807) is 17.0 Å². The molecule has 2 aromatic carbocycles. The molecule has 1 amide bonds. The molecule has 0 aromatic heterocycles. The Morgan fingerprint density at radius 1 is 1.07 bits per heavy atom. The number of rotatable bonds is 6. The van der Waals surface area contributed by atoms with E-state index in [1.165, 1.54) is 11.8 Å². The molecule has 2 aromatic rings. The summed E-state index contributed by atoms with van der Waals surface area (Å²) in [6, 6.07) is 15.0. The Labute approximate surface area is 175 Å². The number of esters is 1. The fourth-order valence-corrected chi connectivity index (χ4v) is 4.00. The molecule has 0 bridgehead atoms. The second-order valence-electron chi connectivity index (χ2n) is 7.96. The highest BCUT2D eigenvalue weighted by atomic mass is 32.2. The first-order valence-corrected chi connectivity index (χ1v) is 10.6. The lowest BCUT2D eigenvalue weighted by Crippen LogP contribution is -2.37. The third-order valence-electron chi connectivity index (χ3n) is 4.78. The van der Waals surface area contributed by atoms with Crippen molar-refractivity contribution in [3.63, 3.8) is 0 Å². The van der Waals surface area contributed by atoms with Gasteiger partial charge in [0.1, 0.15) is 0 Å². The number of benzene rings is 2. The van der Waals surface area contributed by atoms with Gasteiger partial charge in [0.15, 0.2) is 12.4 Å². The highest BCUT2D eigenvalue weighted by Gasteiger charge is 2.25. The number of thioether (sulfide) groups is 1. The molecule has 152 valence electrons. The van der Waals surface area contributed by atoms with Crippen molar-refractivity contribution >= 4 is 35.1 Å². The summed E-state index contributed by atoms with van der Waals surface area (Å²) in [6.45, 7) is 6.26. The van der Waals surface area contributed by atoms with Gasteiger partial charge in [-0.2, -0.15) is 0 Å². The molecule has 0 N–H and O–H groups in total. The smallest absolute Gasteiger partial charge is 0.308 e. The maximum Gasteiger partial charge on any atom is 0.308 e. The van der Waals surface area contributed by atoms with Crippen molar-refractivity contribution in [3.05, 3.63) is 59.7 Å². The molecule has 0 unspecified atom stereocenters. The molecule has 0 atom stereocenters. The fourth-order valence-electron chi connectivity index (χ4n) is 3.06. The summed E-state index contributed by atoms with van der Waals surface area (Å²) in [5.41, 5.74) is 2.48. The Hall–Kier alpha value is -2.60. The van der Waals surface area contributed by atoms with Gasteiger partial charge in [-0.15, -0.1) is 11.8 Å². The average Bonchev–Trinajstić information content (AvgIpc) is 2.70. The van der Waals surface area contributed by atoms with E-state index < -0.39 is 5.97 Å².